The maximum atomic E-state index is 14.1. The van der Waals surface area contributed by atoms with E-state index in [1.165, 1.54) is 12.0 Å². The summed E-state index contributed by atoms with van der Waals surface area (Å²) in [4.78, 5) is 28.4. The fourth-order valence-electron chi connectivity index (χ4n) is 4.20. The minimum absolute atomic E-state index is 0.225. The molecule has 12 heteroatoms. The predicted octanol–water partition coefficient (Wildman–Crippen LogP) is 6.16. The lowest BCUT2D eigenvalue weighted by molar-refractivity contribution is -0.137. The van der Waals surface area contributed by atoms with Gasteiger partial charge in [0.15, 0.2) is 0 Å². The summed E-state index contributed by atoms with van der Waals surface area (Å²) in [6.07, 6.45) is -4.81. The van der Waals surface area contributed by atoms with Gasteiger partial charge in [-0.25, -0.2) is 14.0 Å². The first-order chi connectivity index (χ1) is 18.5. The number of urea groups is 2. The third-order valence-electron chi connectivity index (χ3n) is 6.21. The Morgan fingerprint density at radius 1 is 0.897 bits per heavy atom. The zero-order valence-electron chi connectivity index (χ0n) is 21.2. The van der Waals surface area contributed by atoms with Crippen molar-refractivity contribution in [1.29, 1.82) is 0 Å². The molecule has 206 valence electrons. The van der Waals surface area contributed by atoms with E-state index in [0.29, 0.717) is 30.2 Å². The number of amides is 4. The first-order valence-corrected chi connectivity index (χ1v) is 12.0. The molecule has 1 aliphatic rings. The van der Waals surface area contributed by atoms with Crippen molar-refractivity contribution in [2.45, 2.75) is 13.1 Å². The Hall–Kier alpha value is -4.48. The highest BCUT2D eigenvalue weighted by Gasteiger charge is 2.35. The molecule has 4 rings (SSSR count). The number of alkyl halides is 3. The summed E-state index contributed by atoms with van der Waals surface area (Å²) in [6.45, 7) is 3.18. The van der Waals surface area contributed by atoms with Crippen molar-refractivity contribution in [2.75, 3.05) is 54.1 Å². The minimum Gasteiger partial charge on any atom is -0.495 e. The lowest BCUT2D eigenvalue weighted by Crippen LogP contribution is -2.50. The van der Waals surface area contributed by atoms with Gasteiger partial charge < -0.3 is 30.5 Å². The lowest BCUT2D eigenvalue weighted by Gasteiger charge is -2.36. The Labute approximate surface area is 222 Å². The molecule has 8 nitrogen and oxygen atoms in total. The zero-order chi connectivity index (χ0) is 28.2. The molecule has 1 heterocycles. The Morgan fingerprint density at radius 2 is 1.59 bits per heavy atom. The van der Waals surface area contributed by atoms with Gasteiger partial charge in [0, 0.05) is 37.6 Å². The van der Waals surface area contributed by atoms with Gasteiger partial charge in [0.25, 0.3) is 0 Å². The quantitative estimate of drug-likeness (QED) is 0.335. The van der Waals surface area contributed by atoms with Crippen LogP contribution in [-0.2, 0) is 6.18 Å². The molecule has 0 radical (unpaired) electrons. The SMILES string of the molecule is COc1ccc(C)cc1NC(=O)Nc1ccc(N2CCN(C(=O)Nc3c(F)cccc3C(F)(F)F)CC2)cc1. The van der Waals surface area contributed by atoms with Gasteiger partial charge in [-0.1, -0.05) is 12.1 Å². The molecule has 0 spiro atoms. The highest BCUT2D eigenvalue weighted by Crippen LogP contribution is 2.36. The van der Waals surface area contributed by atoms with E-state index in [-0.39, 0.29) is 13.1 Å². The molecule has 0 aliphatic carbocycles. The molecule has 0 unspecified atom stereocenters. The third-order valence-corrected chi connectivity index (χ3v) is 6.21. The van der Waals surface area contributed by atoms with E-state index in [0.717, 1.165) is 29.4 Å². The van der Waals surface area contributed by atoms with Crippen LogP contribution in [0.4, 0.5) is 49.9 Å². The highest BCUT2D eigenvalue weighted by atomic mass is 19.4. The van der Waals surface area contributed by atoms with Crippen LogP contribution < -0.4 is 25.6 Å². The third kappa shape index (κ3) is 6.70. The van der Waals surface area contributed by atoms with Gasteiger partial charge in [0.05, 0.1) is 24.0 Å². The van der Waals surface area contributed by atoms with E-state index in [9.17, 15) is 27.2 Å². The van der Waals surface area contributed by atoms with Gasteiger partial charge in [-0.3, -0.25) is 0 Å². The summed E-state index contributed by atoms with van der Waals surface area (Å²) in [5.74, 6) is -0.620. The summed E-state index contributed by atoms with van der Waals surface area (Å²) in [5.41, 5.74) is 0.783. The molecule has 0 aromatic heterocycles. The minimum atomic E-state index is -4.81. The fraction of sp³-hybridized carbons (Fsp3) is 0.259. The van der Waals surface area contributed by atoms with Crippen LogP contribution in [0.2, 0.25) is 0 Å². The van der Waals surface area contributed by atoms with Gasteiger partial charge >= 0.3 is 18.2 Å². The lowest BCUT2D eigenvalue weighted by atomic mass is 10.1. The zero-order valence-corrected chi connectivity index (χ0v) is 21.2. The number of nitrogens with one attached hydrogen (secondary N) is 3. The number of anilines is 4. The van der Waals surface area contributed by atoms with Crippen molar-refractivity contribution in [1.82, 2.24) is 4.90 Å². The molecule has 3 aromatic carbocycles. The average Bonchev–Trinajstić information content (AvgIpc) is 2.90. The first kappa shape index (κ1) is 27.6. The van der Waals surface area contributed by atoms with E-state index in [4.69, 9.17) is 4.74 Å². The Balaban J connectivity index is 1.31. The second kappa shape index (κ2) is 11.5. The van der Waals surface area contributed by atoms with Crippen molar-refractivity contribution in [3.63, 3.8) is 0 Å². The number of methoxy groups -OCH3 is 1. The second-order valence-corrected chi connectivity index (χ2v) is 8.89. The van der Waals surface area contributed by atoms with Crippen LogP contribution in [0.3, 0.4) is 0 Å². The maximum Gasteiger partial charge on any atom is 0.418 e. The predicted molar refractivity (Wildman–Crippen MR) is 141 cm³/mol. The molecule has 39 heavy (non-hydrogen) atoms. The van der Waals surface area contributed by atoms with Crippen LogP contribution in [0.25, 0.3) is 0 Å². The van der Waals surface area contributed by atoms with Crippen LogP contribution in [0.1, 0.15) is 11.1 Å². The highest BCUT2D eigenvalue weighted by molar-refractivity contribution is 6.00. The molecule has 1 fully saturated rings. The van der Waals surface area contributed by atoms with E-state index in [2.05, 4.69) is 16.0 Å². The maximum absolute atomic E-state index is 14.1. The number of para-hydroxylation sites is 1. The monoisotopic (exact) mass is 545 g/mol. The number of halogens is 4. The summed E-state index contributed by atoms with van der Waals surface area (Å²) in [7, 11) is 1.52. The summed E-state index contributed by atoms with van der Waals surface area (Å²) < 4.78 is 59.1. The molecule has 3 aromatic rings. The Morgan fingerprint density at radius 3 is 2.23 bits per heavy atom. The molecule has 3 N–H and O–H groups in total. The van der Waals surface area contributed by atoms with Crippen molar-refractivity contribution in [3.8, 4) is 5.75 Å². The van der Waals surface area contributed by atoms with Crippen molar-refractivity contribution >= 4 is 34.8 Å². The average molecular weight is 546 g/mol. The smallest absolute Gasteiger partial charge is 0.418 e. The molecule has 0 bridgehead atoms. The summed E-state index contributed by atoms with van der Waals surface area (Å²) in [6, 6.07) is 13.8. The van der Waals surface area contributed by atoms with E-state index in [1.54, 1.807) is 24.3 Å². The van der Waals surface area contributed by atoms with Gasteiger partial charge in [-0.05, 0) is 61.0 Å². The number of aryl methyl sites for hydroxylation is 1. The number of piperazine rings is 1. The number of hydrogen-bond donors (Lipinski definition) is 3. The number of rotatable bonds is 5. The van der Waals surface area contributed by atoms with Gasteiger partial charge in [-0.15, -0.1) is 0 Å². The molecule has 0 atom stereocenters. The Kier molecular flexibility index (Phi) is 8.12. The van der Waals surface area contributed by atoms with Crippen molar-refractivity contribution in [3.05, 3.63) is 77.6 Å². The van der Waals surface area contributed by atoms with E-state index in [1.807, 2.05) is 30.0 Å². The largest absolute Gasteiger partial charge is 0.495 e. The summed E-state index contributed by atoms with van der Waals surface area (Å²) in [5, 5.41) is 7.60. The standard InChI is InChI=1S/C27H27F4N5O3/c1-17-6-11-23(39-2)22(16-17)33-25(37)32-18-7-9-19(10-8-18)35-12-14-36(15-13-35)26(38)34-24-20(27(29,30)31)4-3-5-21(24)28/h3-11,16H,12-15H2,1-2H3,(H,34,38)(H2,32,33,37). The second-order valence-electron chi connectivity index (χ2n) is 8.89. The molecule has 4 amide bonds. The first-order valence-electron chi connectivity index (χ1n) is 12.0. The van der Waals surface area contributed by atoms with Crippen LogP contribution >= 0.6 is 0 Å². The van der Waals surface area contributed by atoms with E-state index >= 15 is 0 Å². The molecule has 1 aliphatic heterocycles. The summed E-state index contributed by atoms with van der Waals surface area (Å²) >= 11 is 0. The normalized spacial score (nSPS) is 13.6. The molecular weight excluding hydrogens is 518 g/mol. The number of carbonyl (C=O) groups is 2. The molecular formula is C27H27F4N5O3. The molecule has 1 saturated heterocycles. The van der Waals surface area contributed by atoms with Crippen LogP contribution in [-0.4, -0.2) is 50.3 Å². The number of benzene rings is 3. The number of hydrogen-bond acceptors (Lipinski definition) is 4. The van der Waals surface area contributed by atoms with Gasteiger partial charge in [-0.2, -0.15) is 13.2 Å². The number of carbonyl (C=O) groups excluding carboxylic acids is 2. The van der Waals surface area contributed by atoms with Crippen molar-refractivity contribution < 1.29 is 31.9 Å². The van der Waals surface area contributed by atoms with Crippen LogP contribution in [0, 0.1) is 12.7 Å². The topological polar surface area (TPSA) is 85.9 Å². The van der Waals surface area contributed by atoms with E-state index < -0.39 is 35.3 Å². The van der Waals surface area contributed by atoms with Crippen molar-refractivity contribution in [2.24, 2.45) is 0 Å². The molecule has 0 saturated carbocycles. The van der Waals surface area contributed by atoms with Gasteiger partial charge in [0.1, 0.15) is 11.6 Å². The van der Waals surface area contributed by atoms with Crippen LogP contribution in [0.15, 0.2) is 60.7 Å². The number of ether oxygens (including phenoxy) is 1. The fourth-order valence-corrected chi connectivity index (χ4v) is 4.20. The number of nitrogens with zero attached hydrogens (tertiary/aromatic N) is 2. The van der Waals surface area contributed by atoms with Gasteiger partial charge in [0.2, 0.25) is 0 Å². The Bertz CT molecular complexity index is 1340. The van der Waals surface area contributed by atoms with Crippen LogP contribution in [0.5, 0.6) is 5.75 Å².